The largest absolute Gasteiger partial charge is 0.294 e. The molecule has 0 aliphatic rings. The smallest absolute Gasteiger partial charge is 0.175 e. The minimum Gasteiger partial charge on any atom is -0.294 e. The maximum Gasteiger partial charge on any atom is 0.175 e. The van der Waals surface area contributed by atoms with Gasteiger partial charge in [0.05, 0.1) is 4.90 Å². The molecule has 0 aromatic heterocycles. The highest BCUT2D eigenvalue weighted by atomic mass is 35.5. The van der Waals surface area contributed by atoms with Crippen LogP contribution >= 0.6 is 11.6 Å². The van der Waals surface area contributed by atoms with Gasteiger partial charge < -0.3 is 0 Å². The molecule has 1 aromatic carbocycles. The van der Waals surface area contributed by atoms with Crippen LogP contribution in [0.1, 0.15) is 23.2 Å². The fraction of sp³-hybridized carbons (Fsp3) is 0.364. The van der Waals surface area contributed by atoms with Gasteiger partial charge in [-0.1, -0.05) is 12.1 Å². The van der Waals surface area contributed by atoms with Gasteiger partial charge in [-0.3, -0.25) is 4.79 Å². The first-order valence-electron chi connectivity index (χ1n) is 4.84. The van der Waals surface area contributed by atoms with Gasteiger partial charge in [0.1, 0.15) is 0 Å². The lowest BCUT2D eigenvalue weighted by atomic mass is 10.1. The van der Waals surface area contributed by atoms with Gasteiger partial charge in [0.15, 0.2) is 15.6 Å². The number of Topliss-reactive ketones (excluding diaryl/α,β-unsaturated/α-hetero) is 1. The van der Waals surface area contributed by atoms with Crippen molar-refractivity contribution in [1.29, 1.82) is 0 Å². The quantitative estimate of drug-likeness (QED) is 0.603. The van der Waals surface area contributed by atoms with E-state index in [1.165, 1.54) is 24.3 Å². The summed E-state index contributed by atoms with van der Waals surface area (Å²) >= 11 is 5.49. The summed E-state index contributed by atoms with van der Waals surface area (Å²) in [4.78, 5) is 11.8. The highest BCUT2D eigenvalue weighted by molar-refractivity contribution is 7.90. The molecule has 0 aliphatic heterocycles. The Morgan fingerprint density at radius 2 is 1.81 bits per heavy atom. The molecular formula is C11H13ClO3S. The lowest BCUT2D eigenvalue weighted by Gasteiger charge is -2.01. The fourth-order valence-electron chi connectivity index (χ4n) is 1.26. The molecule has 0 spiro atoms. The van der Waals surface area contributed by atoms with Crippen LogP contribution in [-0.4, -0.2) is 26.3 Å². The summed E-state index contributed by atoms with van der Waals surface area (Å²) in [6.45, 7) is 0. The van der Waals surface area contributed by atoms with E-state index in [0.29, 0.717) is 24.3 Å². The van der Waals surface area contributed by atoms with E-state index in [-0.39, 0.29) is 10.7 Å². The second kappa shape index (κ2) is 5.46. The number of rotatable bonds is 5. The highest BCUT2D eigenvalue weighted by Gasteiger charge is 2.09. The normalized spacial score (nSPS) is 11.4. The van der Waals surface area contributed by atoms with Crippen molar-refractivity contribution in [1.82, 2.24) is 0 Å². The van der Waals surface area contributed by atoms with Crippen LogP contribution in [0.2, 0.25) is 0 Å². The zero-order valence-electron chi connectivity index (χ0n) is 8.94. The number of ketones is 1. The van der Waals surface area contributed by atoms with E-state index in [9.17, 15) is 13.2 Å². The van der Waals surface area contributed by atoms with Crippen LogP contribution in [0.3, 0.4) is 0 Å². The van der Waals surface area contributed by atoms with E-state index in [0.717, 1.165) is 6.26 Å². The van der Waals surface area contributed by atoms with Crippen LogP contribution in [0.25, 0.3) is 0 Å². The topological polar surface area (TPSA) is 51.2 Å². The van der Waals surface area contributed by atoms with Gasteiger partial charge in [0.2, 0.25) is 0 Å². The number of hydrogen-bond donors (Lipinski definition) is 0. The third kappa shape index (κ3) is 3.61. The number of hydrogen-bond acceptors (Lipinski definition) is 3. The Hall–Kier alpha value is -0.870. The second-order valence-corrected chi connectivity index (χ2v) is 5.91. The molecule has 0 radical (unpaired) electrons. The molecule has 16 heavy (non-hydrogen) atoms. The van der Waals surface area contributed by atoms with Crippen molar-refractivity contribution in [3.8, 4) is 0 Å². The second-order valence-electron chi connectivity index (χ2n) is 3.51. The summed E-state index contributed by atoms with van der Waals surface area (Å²) in [7, 11) is -3.19. The van der Waals surface area contributed by atoms with Crippen LogP contribution in [0.5, 0.6) is 0 Å². The molecule has 0 saturated heterocycles. The van der Waals surface area contributed by atoms with E-state index in [1.807, 2.05) is 0 Å². The average Bonchev–Trinajstić information content (AvgIpc) is 2.25. The maximum atomic E-state index is 11.6. The van der Waals surface area contributed by atoms with Gasteiger partial charge in [-0.05, 0) is 18.6 Å². The Morgan fingerprint density at radius 3 is 2.25 bits per heavy atom. The van der Waals surface area contributed by atoms with Crippen molar-refractivity contribution in [2.24, 2.45) is 0 Å². The summed E-state index contributed by atoms with van der Waals surface area (Å²) in [5.74, 6) is 0.438. The lowest BCUT2D eigenvalue weighted by molar-refractivity contribution is 0.0982. The van der Waals surface area contributed by atoms with Gasteiger partial charge >= 0.3 is 0 Å². The zero-order chi connectivity index (χ0) is 12.2. The van der Waals surface area contributed by atoms with Gasteiger partial charge in [-0.2, -0.15) is 0 Å². The number of benzene rings is 1. The van der Waals surface area contributed by atoms with E-state index in [4.69, 9.17) is 11.6 Å². The average molecular weight is 261 g/mol. The van der Waals surface area contributed by atoms with Crippen molar-refractivity contribution in [3.05, 3.63) is 29.8 Å². The third-order valence-electron chi connectivity index (χ3n) is 2.14. The van der Waals surface area contributed by atoms with E-state index >= 15 is 0 Å². The molecule has 0 atom stereocenters. The minimum atomic E-state index is -3.19. The summed E-state index contributed by atoms with van der Waals surface area (Å²) in [6.07, 6.45) is 2.16. The molecule has 0 amide bonds. The standard InChI is InChI=1S/C11H13ClO3S/c1-16(14,15)10-6-4-9(5-7-10)11(13)3-2-8-12/h4-7H,2-3,8H2,1H3. The van der Waals surface area contributed by atoms with Crippen molar-refractivity contribution in [3.63, 3.8) is 0 Å². The van der Waals surface area contributed by atoms with E-state index in [2.05, 4.69) is 0 Å². The third-order valence-corrected chi connectivity index (χ3v) is 3.54. The summed E-state index contributed by atoms with van der Waals surface area (Å²) < 4.78 is 22.4. The zero-order valence-corrected chi connectivity index (χ0v) is 10.5. The molecule has 1 aromatic rings. The molecule has 0 N–H and O–H groups in total. The number of sulfone groups is 1. The first-order chi connectivity index (χ1) is 7.45. The van der Waals surface area contributed by atoms with Gasteiger partial charge in [0.25, 0.3) is 0 Å². The molecule has 0 unspecified atom stereocenters. The van der Waals surface area contributed by atoms with Crippen LogP contribution in [0, 0.1) is 0 Å². The Bertz CT molecular complexity index is 463. The number of carbonyl (C=O) groups is 1. The molecule has 0 fully saturated rings. The van der Waals surface area contributed by atoms with Gasteiger partial charge in [0, 0.05) is 24.1 Å². The SMILES string of the molecule is CS(=O)(=O)c1ccc(C(=O)CCCCl)cc1. The van der Waals surface area contributed by atoms with Crippen molar-refractivity contribution in [2.45, 2.75) is 17.7 Å². The summed E-state index contributed by atoms with van der Waals surface area (Å²) in [5.41, 5.74) is 0.525. The lowest BCUT2D eigenvalue weighted by Crippen LogP contribution is -2.01. The fourth-order valence-corrected chi connectivity index (χ4v) is 2.02. The van der Waals surface area contributed by atoms with Crippen LogP contribution in [0.4, 0.5) is 0 Å². The van der Waals surface area contributed by atoms with Crippen molar-refractivity contribution in [2.75, 3.05) is 12.1 Å². The molecule has 5 heteroatoms. The highest BCUT2D eigenvalue weighted by Crippen LogP contribution is 2.12. The maximum absolute atomic E-state index is 11.6. The monoisotopic (exact) mass is 260 g/mol. The molecule has 88 valence electrons. The van der Waals surface area contributed by atoms with Crippen molar-refractivity contribution < 1.29 is 13.2 Å². The molecule has 0 saturated carbocycles. The molecule has 0 heterocycles. The van der Waals surface area contributed by atoms with E-state index < -0.39 is 9.84 Å². The minimum absolute atomic E-state index is 0.0132. The van der Waals surface area contributed by atoms with Crippen LogP contribution < -0.4 is 0 Å². The summed E-state index contributed by atoms with van der Waals surface area (Å²) in [5, 5.41) is 0. The Kier molecular flexibility index (Phi) is 4.50. The van der Waals surface area contributed by atoms with Gasteiger partial charge in [-0.25, -0.2) is 8.42 Å². The first kappa shape index (κ1) is 13.2. The molecule has 1 rings (SSSR count). The van der Waals surface area contributed by atoms with E-state index in [1.54, 1.807) is 0 Å². The predicted octanol–water partition coefficient (Wildman–Crippen LogP) is 2.29. The summed E-state index contributed by atoms with van der Waals surface area (Å²) in [6, 6.07) is 5.96. The number of alkyl halides is 1. The molecule has 0 aliphatic carbocycles. The predicted molar refractivity (Wildman–Crippen MR) is 63.8 cm³/mol. The number of halogens is 1. The Morgan fingerprint density at radius 1 is 1.25 bits per heavy atom. The molecule has 0 bridgehead atoms. The number of carbonyl (C=O) groups excluding carboxylic acids is 1. The van der Waals surface area contributed by atoms with Gasteiger partial charge in [-0.15, -0.1) is 11.6 Å². The Balaban J connectivity index is 2.83. The molecular weight excluding hydrogens is 248 g/mol. The first-order valence-corrected chi connectivity index (χ1v) is 7.27. The van der Waals surface area contributed by atoms with Crippen LogP contribution in [0.15, 0.2) is 29.2 Å². The Labute approximate surface area is 100 Å². The molecule has 3 nitrogen and oxygen atoms in total. The van der Waals surface area contributed by atoms with Crippen LogP contribution in [-0.2, 0) is 9.84 Å². The van der Waals surface area contributed by atoms with Crippen molar-refractivity contribution >= 4 is 27.2 Å².